The molecule has 0 aromatic rings. The van der Waals surface area contributed by atoms with E-state index in [0.29, 0.717) is 12.5 Å². The Morgan fingerprint density at radius 1 is 1.27 bits per heavy atom. The predicted octanol–water partition coefficient (Wildman–Crippen LogP) is 2.76. The number of hydrogen-bond donors (Lipinski definition) is 1. The number of aliphatic hydroxyl groups excluding tert-OH is 1. The lowest BCUT2D eigenvalue weighted by molar-refractivity contribution is 0.0770. The van der Waals surface area contributed by atoms with Gasteiger partial charge in [0.1, 0.15) is 0 Å². The van der Waals surface area contributed by atoms with E-state index < -0.39 is 0 Å². The Labute approximate surface area is 95.7 Å². The van der Waals surface area contributed by atoms with E-state index in [1.54, 1.807) is 0 Å². The average molecular weight is 215 g/mol. The molecule has 15 heavy (non-hydrogen) atoms. The van der Waals surface area contributed by atoms with E-state index in [0.717, 1.165) is 32.5 Å². The molecule has 0 amide bonds. The smallest absolute Gasteiger partial charge is 0.0497 e. The number of rotatable bonds is 8. The summed E-state index contributed by atoms with van der Waals surface area (Å²) in [6, 6.07) is 0. The van der Waals surface area contributed by atoms with Gasteiger partial charge >= 0.3 is 0 Å². The lowest BCUT2D eigenvalue weighted by Gasteiger charge is -2.34. The van der Waals surface area contributed by atoms with Crippen LogP contribution in [-0.4, -0.2) is 36.2 Å². The van der Waals surface area contributed by atoms with E-state index in [4.69, 9.17) is 0 Å². The molecule has 0 saturated heterocycles. The normalized spacial score (nSPS) is 16.0. The van der Waals surface area contributed by atoms with E-state index >= 15 is 0 Å². The van der Waals surface area contributed by atoms with Crippen LogP contribution in [0, 0.1) is 11.3 Å². The van der Waals surface area contributed by atoms with Crippen molar-refractivity contribution in [3.8, 4) is 0 Å². The summed E-state index contributed by atoms with van der Waals surface area (Å²) in [5, 5.41) is 9.47. The zero-order chi connectivity index (χ0) is 11.9. The molecule has 0 heterocycles. The van der Waals surface area contributed by atoms with Gasteiger partial charge in [-0.3, -0.25) is 0 Å². The highest BCUT2D eigenvalue weighted by atomic mass is 16.3. The molecular formula is C13H29NO. The molecule has 1 unspecified atom stereocenters. The molecule has 0 aliphatic carbocycles. The molecule has 1 atom stereocenters. The molecule has 0 spiro atoms. The van der Waals surface area contributed by atoms with Gasteiger partial charge in [0, 0.05) is 25.1 Å². The summed E-state index contributed by atoms with van der Waals surface area (Å²) in [6.07, 6.45) is 2.26. The van der Waals surface area contributed by atoms with Crippen molar-refractivity contribution in [3.63, 3.8) is 0 Å². The third-order valence-electron chi connectivity index (χ3n) is 2.91. The summed E-state index contributed by atoms with van der Waals surface area (Å²) in [6.45, 7) is 14.6. The first-order chi connectivity index (χ1) is 6.97. The molecule has 0 saturated carbocycles. The maximum atomic E-state index is 9.47. The highest BCUT2D eigenvalue weighted by molar-refractivity contribution is 4.77. The second-order valence-corrected chi connectivity index (χ2v) is 5.44. The van der Waals surface area contributed by atoms with Crippen LogP contribution in [0.25, 0.3) is 0 Å². The highest BCUT2D eigenvalue weighted by Crippen LogP contribution is 2.24. The fourth-order valence-corrected chi connectivity index (χ4v) is 2.17. The Balaban J connectivity index is 4.22. The van der Waals surface area contributed by atoms with Crippen LogP contribution in [0.5, 0.6) is 0 Å². The lowest BCUT2D eigenvalue weighted by atomic mass is 9.85. The first kappa shape index (κ1) is 14.9. The first-order valence-corrected chi connectivity index (χ1v) is 6.30. The Bertz CT molecular complexity index is 159. The summed E-state index contributed by atoms with van der Waals surface area (Å²) < 4.78 is 0. The summed E-state index contributed by atoms with van der Waals surface area (Å²) >= 11 is 0. The maximum Gasteiger partial charge on any atom is 0.0497 e. The molecule has 92 valence electrons. The van der Waals surface area contributed by atoms with Gasteiger partial charge in [0.25, 0.3) is 0 Å². The Morgan fingerprint density at radius 2 is 1.87 bits per heavy atom. The van der Waals surface area contributed by atoms with Gasteiger partial charge in [0.2, 0.25) is 0 Å². The molecule has 0 aliphatic heterocycles. The molecule has 0 radical (unpaired) electrons. The number of hydrogen-bond acceptors (Lipinski definition) is 2. The fourth-order valence-electron chi connectivity index (χ4n) is 2.17. The largest absolute Gasteiger partial charge is 0.396 e. The quantitative estimate of drug-likeness (QED) is 0.673. The summed E-state index contributed by atoms with van der Waals surface area (Å²) in [5.74, 6) is 0.703. The van der Waals surface area contributed by atoms with Crippen molar-refractivity contribution in [3.05, 3.63) is 0 Å². The molecule has 0 aromatic carbocycles. The lowest BCUT2D eigenvalue weighted by Crippen LogP contribution is -2.40. The second kappa shape index (κ2) is 7.24. The third-order valence-corrected chi connectivity index (χ3v) is 2.91. The zero-order valence-corrected chi connectivity index (χ0v) is 11.2. The van der Waals surface area contributed by atoms with Crippen molar-refractivity contribution in [2.24, 2.45) is 11.3 Å². The van der Waals surface area contributed by atoms with E-state index in [1.807, 2.05) is 0 Å². The standard InChI is InChI=1S/C13H29NO/c1-6-8-13(5,11-15)10-14(7-2)9-12(3)4/h12,15H,6-11H2,1-5H3. The minimum Gasteiger partial charge on any atom is -0.396 e. The van der Waals surface area contributed by atoms with E-state index in [1.165, 1.54) is 0 Å². The van der Waals surface area contributed by atoms with Gasteiger partial charge in [-0.25, -0.2) is 0 Å². The molecule has 0 bridgehead atoms. The van der Waals surface area contributed by atoms with Gasteiger partial charge in [-0.05, 0) is 18.9 Å². The monoisotopic (exact) mass is 215 g/mol. The topological polar surface area (TPSA) is 23.5 Å². The zero-order valence-electron chi connectivity index (χ0n) is 11.2. The van der Waals surface area contributed by atoms with E-state index in [-0.39, 0.29) is 5.41 Å². The molecule has 0 aromatic heterocycles. The Morgan fingerprint density at radius 3 is 2.20 bits per heavy atom. The van der Waals surface area contributed by atoms with Crippen LogP contribution < -0.4 is 0 Å². The molecular weight excluding hydrogens is 186 g/mol. The summed E-state index contributed by atoms with van der Waals surface area (Å²) in [7, 11) is 0. The molecule has 0 rings (SSSR count). The molecule has 0 aliphatic rings. The van der Waals surface area contributed by atoms with Crippen molar-refractivity contribution < 1.29 is 5.11 Å². The first-order valence-electron chi connectivity index (χ1n) is 6.30. The van der Waals surface area contributed by atoms with Crippen molar-refractivity contribution in [2.75, 3.05) is 26.2 Å². The Kier molecular flexibility index (Phi) is 7.20. The molecule has 2 heteroatoms. The van der Waals surface area contributed by atoms with Crippen LogP contribution in [0.15, 0.2) is 0 Å². The minimum atomic E-state index is 0.0830. The fraction of sp³-hybridized carbons (Fsp3) is 1.00. The predicted molar refractivity (Wildman–Crippen MR) is 67.1 cm³/mol. The number of aliphatic hydroxyl groups is 1. The minimum absolute atomic E-state index is 0.0830. The van der Waals surface area contributed by atoms with Crippen LogP contribution in [0.2, 0.25) is 0 Å². The maximum absolute atomic E-state index is 9.47. The SMILES string of the molecule is CCCC(C)(CO)CN(CC)CC(C)C. The summed E-state index contributed by atoms with van der Waals surface area (Å²) in [5.41, 5.74) is 0.0830. The van der Waals surface area contributed by atoms with Gasteiger partial charge in [0.05, 0.1) is 0 Å². The average Bonchev–Trinajstić information content (AvgIpc) is 2.16. The Hall–Kier alpha value is -0.0800. The van der Waals surface area contributed by atoms with E-state index in [2.05, 4.69) is 39.5 Å². The third kappa shape index (κ3) is 6.16. The van der Waals surface area contributed by atoms with Gasteiger partial charge in [-0.2, -0.15) is 0 Å². The van der Waals surface area contributed by atoms with Crippen LogP contribution in [0.3, 0.4) is 0 Å². The summed E-state index contributed by atoms with van der Waals surface area (Å²) in [4.78, 5) is 2.45. The van der Waals surface area contributed by atoms with E-state index in [9.17, 15) is 5.11 Å². The van der Waals surface area contributed by atoms with Crippen LogP contribution >= 0.6 is 0 Å². The van der Waals surface area contributed by atoms with Crippen LogP contribution in [0.4, 0.5) is 0 Å². The molecule has 1 N–H and O–H groups in total. The second-order valence-electron chi connectivity index (χ2n) is 5.44. The van der Waals surface area contributed by atoms with Gasteiger partial charge < -0.3 is 10.0 Å². The van der Waals surface area contributed by atoms with Crippen molar-refractivity contribution in [2.45, 2.75) is 47.5 Å². The number of nitrogens with zero attached hydrogens (tertiary/aromatic N) is 1. The van der Waals surface area contributed by atoms with Crippen molar-refractivity contribution >= 4 is 0 Å². The molecule has 0 fully saturated rings. The van der Waals surface area contributed by atoms with Crippen molar-refractivity contribution in [1.82, 2.24) is 4.90 Å². The van der Waals surface area contributed by atoms with Crippen molar-refractivity contribution in [1.29, 1.82) is 0 Å². The van der Waals surface area contributed by atoms with Crippen LogP contribution in [-0.2, 0) is 0 Å². The van der Waals surface area contributed by atoms with Gasteiger partial charge in [-0.1, -0.05) is 41.0 Å². The van der Waals surface area contributed by atoms with Gasteiger partial charge in [0.15, 0.2) is 0 Å². The van der Waals surface area contributed by atoms with Crippen LogP contribution in [0.1, 0.15) is 47.5 Å². The van der Waals surface area contributed by atoms with Gasteiger partial charge in [-0.15, -0.1) is 0 Å². The highest BCUT2D eigenvalue weighted by Gasteiger charge is 2.25. The molecule has 2 nitrogen and oxygen atoms in total.